The Labute approximate surface area is 203 Å². The van der Waals surface area contributed by atoms with Gasteiger partial charge in [0.2, 0.25) is 0 Å². The zero-order valence-electron chi connectivity index (χ0n) is 16.5. The van der Waals surface area contributed by atoms with Crippen LogP contribution in [0.15, 0.2) is 71.6 Å². The molecule has 1 saturated heterocycles. The van der Waals surface area contributed by atoms with Crippen LogP contribution in [-0.2, 0) is 11.4 Å². The standard InChI is InChI=1S/C24H17ClINO3S/c1-15-2-4-16(5-3-15)14-30-21-11-6-17(12-20(21)26)13-22-23(28)27(24(29)31-22)19-9-7-18(25)8-10-19/h2-13H,14H2,1H3/b22-13+. The highest BCUT2D eigenvalue weighted by atomic mass is 127. The monoisotopic (exact) mass is 561 g/mol. The van der Waals surface area contributed by atoms with E-state index in [0.29, 0.717) is 22.2 Å². The van der Waals surface area contributed by atoms with E-state index < -0.39 is 0 Å². The molecule has 0 bridgehead atoms. The van der Waals surface area contributed by atoms with Crippen LogP contribution >= 0.6 is 46.0 Å². The molecule has 0 radical (unpaired) electrons. The maximum atomic E-state index is 12.8. The molecule has 7 heteroatoms. The van der Waals surface area contributed by atoms with Crippen molar-refractivity contribution in [1.29, 1.82) is 0 Å². The lowest BCUT2D eigenvalue weighted by Gasteiger charge is -2.12. The van der Waals surface area contributed by atoms with Gasteiger partial charge in [0.05, 0.1) is 14.2 Å². The minimum atomic E-state index is -0.341. The summed E-state index contributed by atoms with van der Waals surface area (Å²) in [6.45, 7) is 2.53. The second kappa shape index (κ2) is 9.46. The third kappa shape index (κ3) is 5.14. The predicted molar refractivity (Wildman–Crippen MR) is 135 cm³/mol. The van der Waals surface area contributed by atoms with Crippen LogP contribution in [0.3, 0.4) is 0 Å². The van der Waals surface area contributed by atoms with Gasteiger partial charge in [-0.15, -0.1) is 0 Å². The van der Waals surface area contributed by atoms with E-state index in [2.05, 4.69) is 41.6 Å². The molecule has 0 N–H and O–H groups in total. The minimum Gasteiger partial charge on any atom is -0.488 e. The molecule has 4 nitrogen and oxygen atoms in total. The second-order valence-electron chi connectivity index (χ2n) is 6.96. The highest BCUT2D eigenvalue weighted by Crippen LogP contribution is 2.36. The summed E-state index contributed by atoms with van der Waals surface area (Å²) in [5, 5.41) is 0.219. The van der Waals surface area contributed by atoms with Crippen LogP contribution in [0.1, 0.15) is 16.7 Å². The van der Waals surface area contributed by atoms with Crippen molar-refractivity contribution in [2.45, 2.75) is 13.5 Å². The van der Waals surface area contributed by atoms with Crippen molar-refractivity contribution in [3.8, 4) is 5.75 Å². The van der Waals surface area contributed by atoms with E-state index in [1.807, 2.05) is 30.3 Å². The highest BCUT2D eigenvalue weighted by Gasteiger charge is 2.36. The van der Waals surface area contributed by atoms with Crippen molar-refractivity contribution in [2.24, 2.45) is 0 Å². The third-order valence-electron chi connectivity index (χ3n) is 4.65. The number of carbonyl (C=O) groups excluding carboxylic acids is 2. The lowest BCUT2D eigenvalue weighted by molar-refractivity contribution is -0.113. The summed E-state index contributed by atoms with van der Waals surface area (Å²) >= 11 is 9.04. The minimum absolute atomic E-state index is 0.327. The van der Waals surface area contributed by atoms with Crippen molar-refractivity contribution in [1.82, 2.24) is 0 Å². The molecule has 1 heterocycles. The Kier molecular flexibility index (Phi) is 6.69. The lowest BCUT2D eigenvalue weighted by Crippen LogP contribution is -2.27. The van der Waals surface area contributed by atoms with Gasteiger partial charge in [-0.3, -0.25) is 9.59 Å². The number of anilines is 1. The summed E-state index contributed by atoms with van der Waals surface area (Å²) in [5.41, 5.74) is 3.64. The van der Waals surface area contributed by atoms with Gasteiger partial charge in [-0.1, -0.05) is 47.5 Å². The molecule has 4 rings (SSSR count). The zero-order valence-corrected chi connectivity index (χ0v) is 20.2. The molecular weight excluding hydrogens is 545 g/mol. The van der Waals surface area contributed by atoms with Gasteiger partial charge in [0.1, 0.15) is 12.4 Å². The molecule has 1 aliphatic heterocycles. The number of ether oxygens (including phenoxy) is 1. The molecule has 3 aromatic carbocycles. The number of thioether (sulfide) groups is 1. The number of amides is 2. The predicted octanol–water partition coefficient (Wildman–Crippen LogP) is 7.07. The Morgan fingerprint density at radius 1 is 1.03 bits per heavy atom. The lowest BCUT2D eigenvalue weighted by atomic mass is 10.1. The number of halogens is 2. The van der Waals surface area contributed by atoms with Crippen molar-refractivity contribution >= 4 is 68.9 Å². The van der Waals surface area contributed by atoms with Gasteiger partial charge in [-0.2, -0.15) is 0 Å². The van der Waals surface area contributed by atoms with Crippen LogP contribution in [0, 0.1) is 10.5 Å². The average molecular weight is 562 g/mol. The van der Waals surface area contributed by atoms with E-state index in [4.69, 9.17) is 16.3 Å². The van der Waals surface area contributed by atoms with Gasteiger partial charge in [0.25, 0.3) is 11.1 Å². The number of nitrogens with zero attached hydrogens (tertiary/aromatic N) is 1. The molecule has 31 heavy (non-hydrogen) atoms. The van der Waals surface area contributed by atoms with Crippen molar-refractivity contribution in [3.05, 3.63) is 96.9 Å². The normalized spacial score (nSPS) is 15.1. The van der Waals surface area contributed by atoms with E-state index in [1.165, 1.54) is 5.56 Å². The molecule has 0 spiro atoms. The van der Waals surface area contributed by atoms with Crippen LogP contribution < -0.4 is 9.64 Å². The fourth-order valence-electron chi connectivity index (χ4n) is 3.00. The maximum Gasteiger partial charge on any atom is 0.298 e. The van der Waals surface area contributed by atoms with Crippen LogP contribution in [-0.4, -0.2) is 11.1 Å². The molecule has 0 aliphatic carbocycles. The molecule has 0 unspecified atom stereocenters. The first-order chi connectivity index (χ1) is 14.9. The van der Waals surface area contributed by atoms with Crippen LogP contribution in [0.2, 0.25) is 5.02 Å². The second-order valence-corrected chi connectivity index (χ2v) is 9.55. The van der Waals surface area contributed by atoms with Gasteiger partial charge in [0.15, 0.2) is 0 Å². The van der Waals surface area contributed by atoms with Gasteiger partial charge >= 0.3 is 0 Å². The number of hydrogen-bond acceptors (Lipinski definition) is 4. The number of benzene rings is 3. The average Bonchev–Trinajstić information content (AvgIpc) is 3.02. The molecule has 1 aliphatic rings. The largest absolute Gasteiger partial charge is 0.488 e. The highest BCUT2D eigenvalue weighted by molar-refractivity contribution is 14.1. The maximum absolute atomic E-state index is 12.8. The summed E-state index contributed by atoms with van der Waals surface area (Å²) in [7, 11) is 0. The molecule has 156 valence electrons. The number of rotatable bonds is 5. The first kappa shape index (κ1) is 21.9. The summed E-state index contributed by atoms with van der Waals surface area (Å²) in [5.74, 6) is 0.430. The fraction of sp³-hybridized carbons (Fsp3) is 0.0833. The molecular formula is C24H17ClINO3S. The van der Waals surface area contributed by atoms with E-state index in [-0.39, 0.29) is 11.1 Å². The first-order valence-corrected chi connectivity index (χ1v) is 11.7. The first-order valence-electron chi connectivity index (χ1n) is 9.42. The van der Waals surface area contributed by atoms with Crippen molar-refractivity contribution in [3.63, 3.8) is 0 Å². The van der Waals surface area contributed by atoms with E-state index in [1.54, 1.807) is 30.3 Å². The molecule has 0 aromatic heterocycles. The smallest absolute Gasteiger partial charge is 0.298 e. The van der Waals surface area contributed by atoms with E-state index >= 15 is 0 Å². The van der Waals surface area contributed by atoms with Gasteiger partial charge in [0, 0.05) is 5.02 Å². The van der Waals surface area contributed by atoms with Gasteiger partial charge in [-0.05, 0) is 94.9 Å². The fourth-order valence-corrected chi connectivity index (χ4v) is 4.66. The van der Waals surface area contributed by atoms with Crippen LogP contribution in [0.25, 0.3) is 6.08 Å². The number of hydrogen-bond donors (Lipinski definition) is 0. The Morgan fingerprint density at radius 3 is 2.42 bits per heavy atom. The van der Waals surface area contributed by atoms with Crippen molar-refractivity contribution < 1.29 is 14.3 Å². The van der Waals surface area contributed by atoms with Gasteiger partial charge < -0.3 is 4.74 Å². The SMILES string of the molecule is Cc1ccc(COc2ccc(/C=C3/SC(=O)N(c4ccc(Cl)cc4)C3=O)cc2I)cc1. The summed E-state index contributed by atoms with van der Waals surface area (Å²) in [4.78, 5) is 26.7. The Bertz CT molecular complexity index is 1180. The summed E-state index contributed by atoms with van der Waals surface area (Å²) in [6.07, 6.45) is 1.73. The number of carbonyl (C=O) groups is 2. The molecule has 2 amide bonds. The number of imide groups is 1. The van der Waals surface area contributed by atoms with E-state index in [0.717, 1.165) is 37.1 Å². The molecule has 0 saturated carbocycles. The Balaban J connectivity index is 1.49. The summed E-state index contributed by atoms with van der Waals surface area (Å²) in [6, 6.07) is 20.5. The molecule has 1 fully saturated rings. The number of aryl methyl sites for hydroxylation is 1. The Morgan fingerprint density at radius 2 is 1.74 bits per heavy atom. The molecule has 3 aromatic rings. The van der Waals surface area contributed by atoms with E-state index in [9.17, 15) is 9.59 Å². The van der Waals surface area contributed by atoms with Gasteiger partial charge in [-0.25, -0.2) is 4.90 Å². The topological polar surface area (TPSA) is 46.6 Å². The van der Waals surface area contributed by atoms with Crippen molar-refractivity contribution in [2.75, 3.05) is 4.90 Å². The Hall–Kier alpha value is -2.29. The molecule has 0 atom stereocenters. The quantitative estimate of drug-likeness (QED) is 0.247. The zero-order chi connectivity index (χ0) is 22.0. The summed E-state index contributed by atoms with van der Waals surface area (Å²) < 4.78 is 6.86. The third-order valence-corrected chi connectivity index (χ3v) is 6.61. The van der Waals surface area contributed by atoms with Crippen LogP contribution in [0.5, 0.6) is 5.75 Å². The van der Waals surface area contributed by atoms with Crippen LogP contribution in [0.4, 0.5) is 10.5 Å².